The van der Waals surface area contributed by atoms with Gasteiger partial charge < -0.3 is 4.98 Å². The molecule has 1 N–H and O–H groups in total. The molecule has 0 saturated carbocycles. The maximum atomic E-state index is 11.1. The monoisotopic (exact) mass is 237 g/mol. The van der Waals surface area contributed by atoms with Gasteiger partial charge in [-0.05, 0) is 24.4 Å². The van der Waals surface area contributed by atoms with E-state index in [0.29, 0.717) is 0 Å². The summed E-state index contributed by atoms with van der Waals surface area (Å²) in [6.45, 7) is 1.90. The first-order valence-electron chi connectivity index (χ1n) is 3.96. The summed E-state index contributed by atoms with van der Waals surface area (Å²) in [5.41, 5.74) is 0.859. The summed E-state index contributed by atoms with van der Waals surface area (Å²) in [5.74, 6) is 0. The Hall–Kier alpha value is -1.09. The van der Waals surface area contributed by atoms with Gasteiger partial charge in [0.2, 0.25) is 5.56 Å². The maximum Gasteiger partial charge on any atom is 0.248 e. The van der Waals surface area contributed by atoms with E-state index in [1.165, 1.54) is 0 Å². The molecule has 13 heavy (non-hydrogen) atoms. The Kier molecular flexibility index (Phi) is 1.96. The van der Waals surface area contributed by atoms with Crippen LogP contribution in [0.5, 0.6) is 0 Å². The third-order valence-electron chi connectivity index (χ3n) is 2.01. The number of fused-ring (bicyclic) bond motifs is 1. The number of halogens is 1. The molecule has 0 aliphatic rings. The standard InChI is InChI=1S/C10H8BrNO/c1-6-9-3-2-8(11)4-7(9)5-10(13)12-6/h2-5H,1H3,(H,12,13). The van der Waals surface area contributed by atoms with E-state index in [0.717, 1.165) is 20.9 Å². The van der Waals surface area contributed by atoms with Crippen LogP contribution in [-0.2, 0) is 0 Å². The lowest BCUT2D eigenvalue weighted by Crippen LogP contribution is -2.05. The van der Waals surface area contributed by atoms with Crippen molar-refractivity contribution in [2.45, 2.75) is 6.92 Å². The summed E-state index contributed by atoms with van der Waals surface area (Å²) in [6, 6.07) is 7.50. The number of hydrogen-bond donors (Lipinski definition) is 1. The third kappa shape index (κ3) is 1.52. The molecule has 2 aromatic rings. The molecule has 2 nitrogen and oxygen atoms in total. The Morgan fingerprint density at radius 1 is 1.31 bits per heavy atom. The van der Waals surface area contributed by atoms with Crippen LogP contribution in [0.3, 0.4) is 0 Å². The molecular formula is C10H8BrNO. The Labute approximate surface area is 83.7 Å². The number of H-pyrrole nitrogens is 1. The Bertz CT molecular complexity index is 516. The summed E-state index contributed by atoms with van der Waals surface area (Å²) in [5, 5.41) is 2.05. The number of aryl methyl sites for hydroxylation is 1. The molecule has 0 amide bonds. The molecular weight excluding hydrogens is 230 g/mol. The highest BCUT2D eigenvalue weighted by Crippen LogP contribution is 2.19. The zero-order valence-corrected chi connectivity index (χ0v) is 8.68. The molecule has 0 bridgehead atoms. The number of benzene rings is 1. The van der Waals surface area contributed by atoms with E-state index in [1.54, 1.807) is 6.07 Å². The van der Waals surface area contributed by atoms with Crippen LogP contribution in [0.15, 0.2) is 33.5 Å². The second-order valence-electron chi connectivity index (χ2n) is 2.99. The average molecular weight is 238 g/mol. The summed E-state index contributed by atoms with van der Waals surface area (Å²) >= 11 is 3.37. The van der Waals surface area contributed by atoms with Crippen LogP contribution in [0, 0.1) is 6.92 Å². The zero-order valence-electron chi connectivity index (χ0n) is 7.10. The van der Waals surface area contributed by atoms with Crippen molar-refractivity contribution in [2.24, 2.45) is 0 Å². The molecule has 0 spiro atoms. The van der Waals surface area contributed by atoms with Crippen molar-refractivity contribution in [1.29, 1.82) is 0 Å². The van der Waals surface area contributed by atoms with Crippen molar-refractivity contribution in [3.05, 3.63) is 44.8 Å². The fourth-order valence-electron chi connectivity index (χ4n) is 1.42. The fraction of sp³-hybridized carbons (Fsp3) is 0.100. The van der Waals surface area contributed by atoms with Gasteiger partial charge in [-0.3, -0.25) is 4.79 Å². The molecule has 1 aromatic heterocycles. The summed E-state index contributed by atoms with van der Waals surface area (Å²) < 4.78 is 0.991. The molecule has 0 fully saturated rings. The predicted octanol–water partition coefficient (Wildman–Crippen LogP) is 2.60. The molecule has 1 aromatic carbocycles. The van der Waals surface area contributed by atoms with E-state index in [2.05, 4.69) is 20.9 Å². The highest BCUT2D eigenvalue weighted by molar-refractivity contribution is 9.10. The van der Waals surface area contributed by atoms with E-state index in [1.807, 2.05) is 25.1 Å². The molecule has 2 rings (SSSR count). The fourth-order valence-corrected chi connectivity index (χ4v) is 1.80. The predicted molar refractivity (Wildman–Crippen MR) is 57.0 cm³/mol. The van der Waals surface area contributed by atoms with E-state index in [4.69, 9.17) is 0 Å². The van der Waals surface area contributed by atoms with Gasteiger partial charge in [0.15, 0.2) is 0 Å². The zero-order chi connectivity index (χ0) is 9.42. The van der Waals surface area contributed by atoms with Crippen LogP contribution in [-0.4, -0.2) is 4.98 Å². The second kappa shape index (κ2) is 3.00. The largest absolute Gasteiger partial charge is 0.326 e. The summed E-state index contributed by atoms with van der Waals surface area (Å²) in [7, 11) is 0. The summed E-state index contributed by atoms with van der Waals surface area (Å²) in [6.07, 6.45) is 0. The van der Waals surface area contributed by atoms with E-state index >= 15 is 0 Å². The first kappa shape index (κ1) is 8.51. The summed E-state index contributed by atoms with van der Waals surface area (Å²) in [4.78, 5) is 13.9. The topological polar surface area (TPSA) is 32.9 Å². The normalized spacial score (nSPS) is 10.6. The van der Waals surface area contributed by atoms with Crippen LogP contribution >= 0.6 is 15.9 Å². The maximum absolute atomic E-state index is 11.1. The van der Waals surface area contributed by atoms with E-state index in [9.17, 15) is 4.79 Å². The first-order valence-corrected chi connectivity index (χ1v) is 4.75. The van der Waals surface area contributed by atoms with Crippen LogP contribution < -0.4 is 5.56 Å². The van der Waals surface area contributed by atoms with Gasteiger partial charge in [0.05, 0.1) is 0 Å². The van der Waals surface area contributed by atoms with E-state index in [-0.39, 0.29) is 5.56 Å². The van der Waals surface area contributed by atoms with Gasteiger partial charge in [-0.1, -0.05) is 22.0 Å². The SMILES string of the molecule is Cc1[nH]c(=O)cc2cc(Br)ccc12. The molecule has 1 heterocycles. The minimum atomic E-state index is -0.0527. The van der Waals surface area contributed by atoms with Crippen LogP contribution in [0.25, 0.3) is 10.8 Å². The van der Waals surface area contributed by atoms with E-state index < -0.39 is 0 Å². The Balaban J connectivity index is 2.94. The number of aromatic nitrogens is 1. The molecule has 0 radical (unpaired) electrons. The van der Waals surface area contributed by atoms with Gasteiger partial charge in [-0.25, -0.2) is 0 Å². The van der Waals surface area contributed by atoms with Crippen molar-refractivity contribution >= 4 is 26.7 Å². The van der Waals surface area contributed by atoms with Gasteiger partial charge in [-0.15, -0.1) is 0 Å². The van der Waals surface area contributed by atoms with Gasteiger partial charge in [0.25, 0.3) is 0 Å². The van der Waals surface area contributed by atoms with Crippen molar-refractivity contribution in [1.82, 2.24) is 4.98 Å². The lowest BCUT2D eigenvalue weighted by molar-refractivity contribution is 1.17. The van der Waals surface area contributed by atoms with Gasteiger partial charge >= 0.3 is 0 Å². The molecule has 0 unspecified atom stereocenters. The smallest absolute Gasteiger partial charge is 0.248 e. The second-order valence-corrected chi connectivity index (χ2v) is 3.91. The molecule has 0 saturated heterocycles. The third-order valence-corrected chi connectivity index (χ3v) is 2.51. The van der Waals surface area contributed by atoms with Gasteiger partial charge in [0, 0.05) is 21.6 Å². The Morgan fingerprint density at radius 3 is 2.85 bits per heavy atom. The number of aromatic amines is 1. The minimum absolute atomic E-state index is 0.0527. The molecule has 66 valence electrons. The lowest BCUT2D eigenvalue weighted by atomic mass is 10.1. The van der Waals surface area contributed by atoms with Crippen molar-refractivity contribution in [3.8, 4) is 0 Å². The number of nitrogens with one attached hydrogen (secondary N) is 1. The number of hydrogen-bond acceptors (Lipinski definition) is 1. The van der Waals surface area contributed by atoms with Crippen molar-refractivity contribution in [3.63, 3.8) is 0 Å². The molecule has 0 aliphatic carbocycles. The van der Waals surface area contributed by atoms with Crippen LogP contribution in [0.2, 0.25) is 0 Å². The first-order chi connectivity index (χ1) is 6.16. The molecule has 3 heteroatoms. The van der Waals surface area contributed by atoms with Crippen molar-refractivity contribution in [2.75, 3.05) is 0 Å². The molecule has 0 aliphatic heterocycles. The molecule has 0 atom stereocenters. The highest BCUT2D eigenvalue weighted by Gasteiger charge is 1.98. The Morgan fingerprint density at radius 2 is 2.08 bits per heavy atom. The van der Waals surface area contributed by atoms with Crippen LogP contribution in [0.1, 0.15) is 5.69 Å². The quantitative estimate of drug-likeness (QED) is 0.751. The van der Waals surface area contributed by atoms with Crippen LogP contribution in [0.4, 0.5) is 0 Å². The van der Waals surface area contributed by atoms with Gasteiger partial charge in [0.1, 0.15) is 0 Å². The number of pyridine rings is 1. The van der Waals surface area contributed by atoms with Gasteiger partial charge in [-0.2, -0.15) is 0 Å². The van der Waals surface area contributed by atoms with Crippen molar-refractivity contribution < 1.29 is 0 Å². The highest BCUT2D eigenvalue weighted by atomic mass is 79.9. The number of rotatable bonds is 0. The minimum Gasteiger partial charge on any atom is -0.326 e. The average Bonchev–Trinajstić information content (AvgIpc) is 2.02. The lowest BCUT2D eigenvalue weighted by Gasteiger charge is -2.01.